The van der Waals surface area contributed by atoms with Crippen molar-refractivity contribution >= 4 is 23.5 Å². The number of carbonyl (C=O) groups excluding carboxylic acids is 2. The molecule has 0 saturated heterocycles. The molecule has 0 radical (unpaired) electrons. The summed E-state index contributed by atoms with van der Waals surface area (Å²) < 4.78 is 0. The van der Waals surface area contributed by atoms with Gasteiger partial charge in [-0.1, -0.05) is 36.8 Å². The Balaban J connectivity index is 1.64. The number of benzene rings is 2. The Labute approximate surface area is 164 Å². The number of hydrogen-bond donors (Lipinski definition) is 3. The van der Waals surface area contributed by atoms with Gasteiger partial charge in [-0.15, -0.1) is 0 Å². The predicted molar refractivity (Wildman–Crippen MR) is 106 cm³/mol. The molecule has 6 heteroatoms. The van der Waals surface area contributed by atoms with Gasteiger partial charge in [-0.25, -0.2) is 0 Å². The monoisotopic (exact) mass is 380 g/mol. The number of rotatable bonds is 7. The van der Waals surface area contributed by atoms with Crippen LogP contribution in [-0.4, -0.2) is 28.9 Å². The first kappa shape index (κ1) is 19.6. The van der Waals surface area contributed by atoms with Gasteiger partial charge in [-0.05, 0) is 56.0 Å². The van der Waals surface area contributed by atoms with E-state index < -0.39 is 17.9 Å². The quantitative estimate of drug-likeness (QED) is 0.687. The summed E-state index contributed by atoms with van der Waals surface area (Å²) in [5.41, 5.74) is 1.73. The molecule has 0 bridgehead atoms. The summed E-state index contributed by atoms with van der Waals surface area (Å²) in [5, 5.41) is 14.2. The van der Waals surface area contributed by atoms with Gasteiger partial charge in [0, 0.05) is 11.3 Å². The van der Waals surface area contributed by atoms with Gasteiger partial charge in [0.2, 0.25) is 5.91 Å². The molecule has 1 aliphatic rings. The van der Waals surface area contributed by atoms with Crippen molar-refractivity contribution in [2.24, 2.45) is 5.41 Å². The number of aliphatic carboxylic acids is 1. The molecule has 0 aromatic heterocycles. The van der Waals surface area contributed by atoms with Crippen LogP contribution in [0.4, 0.5) is 5.69 Å². The fraction of sp³-hybridized carbons (Fsp3) is 0.318. The smallest absolute Gasteiger partial charge is 0.325 e. The number of carbonyl (C=O) groups is 3. The van der Waals surface area contributed by atoms with Crippen LogP contribution in [0.5, 0.6) is 0 Å². The Bertz CT molecular complexity index is 858. The van der Waals surface area contributed by atoms with Gasteiger partial charge in [-0.2, -0.15) is 0 Å². The molecule has 0 spiro atoms. The molecule has 1 aliphatic carbocycles. The van der Waals surface area contributed by atoms with Crippen LogP contribution in [0.15, 0.2) is 54.6 Å². The molecule has 6 nitrogen and oxygen atoms in total. The van der Waals surface area contributed by atoms with Gasteiger partial charge < -0.3 is 15.7 Å². The number of anilines is 1. The lowest BCUT2D eigenvalue weighted by Crippen LogP contribution is -2.43. The van der Waals surface area contributed by atoms with Gasteiger partial charge in [0.1, 0.15) is 6.04 Å². The summed E-state index contributed by atoms with van der Waals surface area (Å²) in [4.78, 5) is 35.8. The van der Waals surface area contributed by atoms with E-state index >= 15 is 0 Å². The maximum absolute atomic E-state index is 12.9. The molecule has 1 atom stereocenters. The lowest BCUT2D eigenvalue weighted by Gasteiger charge is -2.40. The molecule has 2 amide bonds. The van der Waals surface area contributed by atoms with Crippen LogP contribution in [0.2, 0.25) is 0 Å². The number of carboxylic acids is 1. The molecule has 2 aromatic carbocycles. The average molecular weight is 380 g/mol. The van der Waals surface area contributed by atoms with E-state index in [9.17, 15) is 14.4 Å². The van der Waals surface area contributed by atoms with Crippen LogP contribution in [0.1, 0.15) is 42.1 Å². The van der Waals surface area contributed by atoms with Crippen LogP contribution in [-0.2, 0) is 16.0 Å². The minimum atomic E-state index is -1.10. The van der Waals surface area contributed by atoms with Gasteiger partial charge in [0.15, 0.2) is 0 Å². The first-order valence-corrected chi connectivity index (χ1v) is 9.39. The number of amides is 2. The molecule has 3 N–H and O–H groups in total. The van der Waals surface area contributed by atoms with Crippen LogP contribution in [0.3, 0.4) is 0 Å². The Morgan fingerprint density at radius 1 is 1.04 bits per heavy atom. The van der Waals surface area contributed by atoms with Crippen molar-refractivity contribution in [3.05, 3.63) is 65.7 Å². The van der Waals surface area contributed by atoms with Crippen LogP contribution >= 0.6 is 0 Å². The lowest BCUT2D eigenvalue weighted by atomic mass is 9.64. The fourth-order valence-corrected chi connectivity index (χ4v) is 3.38. The highest BCUT2D eigenvalue weighted by Crippen LogP contribution is 2.44. The highest BCUT2D eigenvalue weighted by atomic mass is 16.4. The van der Waals surface area contributed by atoms with Gasteiger partial charge in [-0.3, -0.25) is 14.4 Å². The van der Waals surface area contributed by atoms with E-state index in [1.165, 1.54) is 6.92 Å². The minimum Gasteiger partial charge on any atom is -0.480 e. The maximum Gasteiger partial charge on any atom is 0.325 e. The topological polar surface area (TPSA) is 95.5 Å². The first-order chi connectivity index (χ1) is 13.4. The first-order valence-electron chi connectivity index (χ1n) is 9.39. The van der Waals surface area contributed by atoms with Crippen molar-refractivity contribution in [1.82, 2.24) is 5.32 Å². The number of nitrogens with one attached hydrogen (secondary N) is 2. The maximum atomic E-state index is 12.9. The summed E-state index contributed by atoms with van der Waals surface area (Å²) in [5.74, 6) is -1.56. The van der Waals surface area contributed by atoms with E-state index in [0.717, 1.165) is 24.8 Å². The lowest BCUT2D eigenvalue weighted by molar-refractivity contribution is -0.138. The van der Waals surface area contributed by atoms with Crippen molar-refractivity contribution in [2.45, 2.75) is 38.6 Å². The van der Waals surface area contributed by atoms with Crippen molar-refractivity contribution in [2.75, 3.05) is 5.32 Å². The van der Waals surface area contributed by atoms with E-state index in [2.05, 4.69) is 10.6 Å². The fourth-order valence-electron chi connectivity index (χ4n) is 3.38. The highest BCUT2D eigenvalue weighted by molar-refractivity contribution is 5.98. The van der Waals surface area contributed by atoms with Crippen molar-refractivity contribution in [3.8, 4) is 0 Å². The summed E-state index contributed by atoms with van der Waals surface area (Å²) in [6.07, 6.45) is 3.48. The zero-order valence-corrected chi connectivity index (χ0v) is 15.8. The number of carboxylic acid groups (broad SMARTS) is 1. The minimum absolute atomic E-state index is 0.000644. The zero-order chi connectivity index (χ0) is 20.1. The third-order valence-corrected chi connectivity index (χ3v) is 5.30. The molecule has 0 heterocycles. The van der Waals surface area contributed by atoms with E-state index in [1.54, 1.807) is 24.3 Å². The van der Waals surface area contributed by atoms with Crippen molar-refractivity contribution in [1.29, 1.82) is 0 Å². The largest absolute Gasteiger partial charge is 0.480 e. The van der Waals surface area contributed by atoms with E-state index in [-0.39, 0.29) is 11.3 Å². The van der Waals surface area contributed by atoms with Gasteiger partial charge >= 0.3 is 5.97 Å². The molecule has 2 aromatic rings. The SMILES string of the molecule is CC(NC(=O)c1ccc(NC(=O)C2(Cc3ccccc3)CCC2)cc1)C(=O)O. The molecular formula is C22H24N2O4. The Hall–Kier alpha value is -3.15. The average Bonchev–Trinajstić information content (AvgIpc) is 2.65. The normalized spacial score (nSPS) is 15.8. The molecular weight excluding hydrogens is 356 g/mol. The van der Waals surface area contributed by atoms with E-state index in [0.29, 0.717) is 17.7 Å². The summed E-state index contributed by atoms with van der Waals surface area (Å²) in [6, 6.07) is 15.5. The third kappa shape index (κ3) is 4.39. The molecule has 0 aliphatic heterocycles. The zero-order valence-electron chi connectivity index (χ0n) is 15.8. The number of hydrogen-bond acceptors (Lipinski definition) is 3. The summed E-state index contributed by atoms with van der Waals surface area (Å²) in [7, 11) is 0. The van der Waals surface area contributed by atoms with Crippen LogP contribution in [0, 0.1) is 5.41 Å². The standard InChI is InChI=1S/C22H24N2O4/c1-15(20(26)27)23-19(25)17-8-10-18(11-9-17)24-21(28)22(12-5-13-22)14-16-6-3-2-4-7-16/h2-4,6-11,15H,5,12-14H2,1H3,(H,23,25)(H,24,28)(H,26,27). The molecule has 1 saturated carbocycles. The Morgan fingerprint density at radius 2 is 1.68 bits per heavy atom. The van der Waals surface area contributed by atoms with Crippen LogP contribution < -0.4 is 10.6 Å². The van der Waals surface area contributed by atoms with Crippen molar-refractivity contribution < 1.29 is 19.5 Å². The summed E-state index contributed by atoms with van der Waals surface area (Å²) in [6.45, 7) is 1.40. The summed E-state index contributed by atoms with van der Waals surface area (Å²) >= 11 is 0. The van der Waals surface area contributed by atoms with Crippen LogP contribution in [0.25, 0.3) is 0 Å². The van der Waals surface area contributed by atoms with Gasteiger partial charge in [0.05, 0.1) is 5.41 Å². The second-order valence-electron chi connectivity index (χ2n) is 7.36. The highest BCUT2D eigenvalue weighted by Gasteiger charge is 2.43. The molecule has 1 fully saturated rings. The van der Waals surface area contributed by atoms with E-state index in [4.69, 9.17) is 5.11 Å². The molecule has 3 rings (SSSR count). The second-order valence-corrected chi connectivity index (χ2v) is 7.36. The molecule has 1 unspecified atom stereocenters. The third-order valence-electron chi connectivity index (χ3n) is 5.30. The predicted octanol–water partition coefficient (Wildman–Crippen LogP) is 3.24. The Morgan fingerprint density at radius 3 is 2.21 bits per heavy atom. The molecule has 28 heavy (non-hydrogen) atoms. The Kier molecular flexibility index (Phi) is 5.78. The molecule has 146 valence electrons. The van der Waals surface area contributed by atoms with E-state index in [1.807, 2.05) is 30.3 Å². The second kappa shape index (κ2) is 8.25. The van der Waals surface area contributed by atoms with Gasteiger partial charge in [0.25, 0.3) is 5.91 Å². The van der Waals surface area contributed by atoms with Crippen molar-refractivity contribution in [3.63, 3.8) is 0 Å².